The maximum Gasteiger partial charge on any atom is 0.335 e. The molecular formula is C23H31N3O6S. The van der Waals surface area contributed by atoms with E-state index in [9.17, 15) is 23.1 Å². The third kappa shape index (κ3) is 6.93. The zero-order chi connectivity index (χ0) is 24.6. The van der Waals surface area contributed by atoms with Crippen molar-refractivity contribution in [2.75, 3.05) is 11.9 Å². The number of carbonyl (C=O) groups is 2. The Labute approximate surface area is 194 Å². The van der Waals surface area contributed by atoms with Gasteiger partial charge in [0.15, 0.2) is 5.75 Å². The number of sulfonamides is 1. The summed E-state index contributed by atoms with van der Waals surface area (Å²) < 4.78 is 34.3. The molecule has 0 unspecified atom stereocenters. The van der Waals surface area contributed by atoms with Crippen LogP contribution in [0, 0.1) is 5.92 Å². The molecule has 180 valence electrons. The van der Waals surface area contributed by atoms with Gasteiger partial charge in [-0.2, -0.15) is 0 Å². The van der Waals surface area contributed by atoms with E-state index < -0.39 is 32.8 Å². The highest BCUT2D eigenvalue weighted by molar-refractivity contribution is 7.90. The monoisotopic (exact) mass is 477 g/mol. The van der Waals surface area contributed by atoms with Crippen LogP contribution in [0.2, 0.25) is 0 Å². The summed E-state index contributed by atoms with van der Waals surface area (Å²) in [6.45, 7) is 6.03. The van der Waals surface area contributed by atoms with Crippen LogP contribution in [-0.4, -0.2) is 38.0 Å². The van der Waals surface area contributed by atoms with Gasteiger partial charge in [-0.05, 0) is 36.6 Å². The van der Waals surface area contributed by atoms with Crippen molar-refractivity contribution in [3.63, 3.8) is 0 Å². The summed E-state index contributed by atoms with van der Waals surface area (Å²) in [5, 5.41) is 12.6. The smallest absolute Gasteiger partial charge is 0.335 e. The highest BCUT2D eigenvalue weighted by Crippen LogP contribution is 2.37. The maximum atomic E-state index is 13.2. The van der Waals surface area contributed by atoms with Crippen molar-refractivity contribution in [2.24, 2.45) is 11.7 Å². The highest BCUT2D eigenvalue weighted by Gasteiger charge is 2.30. The predicted molar refractivity (Wildman–Crippen MR) is 126 cm³/mol. The molecule has 2 aromatic rings. The fraction of sp³-hybridized carbons (Fsp3) is 0.391. The Morgan fingerprint density at radius 1 is 1.15 bits per heavy atom. The van der Waals surface area contributed by atoms with Gasteiger partial charge in [0.1, 0.15) is 10.6 Å². The van der Waals surface area contributed by atoms with Crippen LogP contribution in [0.3, 0.4) is 0 Å². The first-order valence-electron chi connectivity index (χ1n) is 10.8. The molecule has 0 fully saturated rings. The van der Waals surface area contributed by atoms with E-state index in [2.05, 4.69) is 5.32 Å². The maximum absolute atomic E-state index is 13.2. The zero-order valence-electron chi connectivity index (χ0n) is 19.0. The summed E-state index contributed by atoms with van der Waals surface area (Å²) in [6, 6.07) is 9.70. The summed E-state index contributed by atoms with van der Waals surface area (Å²) in [7, 11) is -4.51. The minimum Gasteiger partial charge on any atom is -0.478 e. The Morgan fingerprint density at radius 3 is 2.39 bits per heavy atom. The number of nitrogens with two attached hydrogens (primary N) is 1. The van der Waals surface area contributed by atoms with Crippen LogP contribution in [0.5, 0.6) is 11.5 Å². The van der Waals surface area contributed by atoms with Crippen molar-refractivity contribution in [3.05, 3.63) is 48.0 Å². The summed E-state index contributed by atoms with van der Waals surface area (Å²) in [5.74, 6) is -2.22. The third-order valence-electron chi connectivity index (χ3n) is 5.19. The number of hydrogen-bond donors (Lipinski definition) is 4. The van der Waals surface area contributed by atoms with Gasteiger partial charge in [0.25, 0.3) is 15.9 Å². The van der Waals surface area contributed by atoms with Gasteiger partial charge < -0.3 is 20.9 Å². The fourth-order valence-electron chi connectivity index (χ4n) is 2.94. The number of carboxylic acid groups (broad SMARTS) is 1. The Balaban J connectivity index is 2.61. The molecule has 10 heteroatoms. The summed E-state index contributed by atoms with van der Waals surface area (Å²) in [6.07, 6.45) is 2.22. The Kier molecular flexibility index (Phi) is 9.24. The number of amides is 1. The molecule has 0 heterocycles. The lowest BCUT2D eigenvalue weighted by Gasteiger charge is -2.20. The lowest BCUT2D eigenvalue weighted by molar-refractivity contribution is -0.121. The zero-order valence-corrected chi connectivity index (χ0v) is 19.8. The molecule has 2 aromatic carbocycles. The molecule has 2 rings (SSSR count). The molecule has 9 nitrogen and oxygen atoms in total. The molecule has 2 atom stereocenters. The number of anilines is 1. The molecule has 33 heavy (non-hydrogen) atoms. The van der Waals surface area contributed by atoms with Crippen molar-refractivity contribution in [1.29, 1.82) is 0 Å². The number of benzene rings is 2. The van der Waals surface area contributed by atoms with Gasteiger partial charge in [-0.3, -0.25) is 4.79 Å². The van der Waals surface area contributed by atoms with Crippen LogP contribution < -0.4 is 20.5 Å². The van der Waals surface area contributed by atoms with Crippen LogP contribution in [0.15, 0.2) is 47.4 Å². The molecule has 0 radical (unpaired) electrons. The second-order valence-corrected chi connectivity index (χ2v) is 9.38. The number of nitrogens with one attached hydrogen (secondary N) is 2. The molecule has 0 bridgehead atoms. The van der Waals surface area contributed by atoms with Crippen molar-refractivity contribution in [3.8, 4) is 11.5 Å². The second kappa shape index (κ2) is 11.7. The second-order valence-electron chi connectivity index (χ2n) is 7.73. The molecule has 0 aromatic heterocycles. The lowest BCUT2D eigenvalue weighted by Crippen LogP contribution is -2.46. The summed E-state index contributed by atoms with van der Waals surface area (Å²) in [5.41, 5.74) is 5.81. The Morgan fingerprint density at radius 2 is 1.82 bits per heavy atom. The van der Waals surface area contributed by atoms with Gasteiger partial charge in [0.05, 0.1) is 17.3 Å². The van der Waals surface area contributed by atoms with E-state index in [1.54, 1.807) is 37.3 Å². The molecule has 0 saturated carbocycles. The van der Waals surface area contributed by atoms with Crippen molar-refractivity contribution in [2.45, 2.75) is 51.0 Å². The van der Waals surface area contributed by atoms with Crippen molar-refractivity contribution >= 4 is 27.6 Å². The van der Waals surface area contributed by atoms with E-state index >= 15 is 0 Å². The van der Waals surface area contributed by atoms with Gasteiger partial charge in [0.2, 0.25) is 0 Å². The number of aromatic carboxylic acids is 1. The average Bonchev–Trinajstić information content (AvgIpc) is 2.79. The first-order chi connectivity index (χ1) is 15.6. The number of para-hydroxylation sites is 1. The molecule has 5 N–H and O–H groups in total. The summed E-state index contributed by atoms with van der Waals surface area (Å²) >= 11 is 0. The Bertz CT molecular complexity index is 1070. The first-order valence-corrected chi connectivity index (χ1v) is 12.3. The van der Waals surface area contributed by atoms with Gasteiger partial charge >= 0.3 is 5.97 Å². The third-order valence-corrected chi connectivity index (χ3v) is 6.55. The largest absolute Gasteiger partial charge is 0.478 e. The van der Waals surface area contributed by atoms with Gasteiger partial charge in [-0.15, -0.1) is 0 Å². The standard InChI is InChI=1S/C23H31N3O6S/c1-4-6-12-25-18-13-16(23(28)29)14-19(21(18)32-17-10-8-7-9-11-17)33(30,31)26-22(27)20(24)15(3)5-2/h7-11,13-15,20,25H,4-6,12,24H2,1-3H3,(H,26,27)(H,28,29)/t15-,20-/m0/s1. The number of ether oxygens (including phenoxy) is 1. The minimum atomic E-state index is -4.51. The number of rotatable bonds is 12. The molecule has 0 aliphatic rings. The van der Waals surface area contributed by atoms with Crippen LogP contribution in [0.25, 0.3) is 0 Å². The molecule has 0 aliphatic heterocycles. The SMILES string of the molecule is CCCCNc1cc(C(=O)O)cc(S(=O)(=O)NC(=O)[C@@H](N)[C@@H](C)CC)c1Oc1ccccc1. The Hall–Kier alpha value is -3.11. The number of unbranched alkanes of at least 4 members (excludes halogenated alkanes) is 1. The topological polar surface area (TPSA) is 148 Å². The van der Waals surface area contributed by atoms with E-state index in [1.165, 1.54) is 6.07 Å². The van der Waals surface area contributed by atoms with Gasteiger partial charge in [0, 0.05) is 6.54 Å². The van der Waals surface area contributed by atoms with E-state index in [1.807, 2.05) is 18.6 Å². The predicted octanol–water partition coefficient (Wildman–Crippen LogP) is 3.57. The molecule has 0 spiro atoms. The molecular weight excluding hydrogens is 446 g/mol. The molecule has 0 aliphatic carbocycles. The first kappa shape index (κ1) is 26.1. The summed E-state index contributed by atoms with van der Waals surface area (Å²) in [4.78, 5) is 23.8. The number of hydrogen-bond acceptors (Lipinski definition) is 7. The number of carbonyl (C=O) groups excluding carboxylic acids is 1. The van der Waals surface area contributed by atoms with Gasteiger partial charge in [-0.25, -0.2) is 17.9 Å². The van der Waals surface area contributed by atoms with E-state index in [0.29, 0.717) is 18.7 Å². The molecule has 1 amide bonds. The lowest BCUT2D eigenvalue weighted by atomic mass is 10.00. The minimum absolute atomic E-state index is 0.111. The van der Waals surface area contributed by atoms with Crippen LogP contribution >= 0.6 is 0 Å². The van der Waals surface area contributed by atoms with E-state index in [-0.39, 0.29) is 22.9 Å². The van der Waals surface area contributed by atoms with Crippen molar-refractivity contribution < 1.29 is 27.9 Å². The van der Waals surface area contributed by atoms with Crippen LogP contribution in [0.4, 0.5) is 5.69 Å². The molecule has 0 saturated heterocycles. The van der Waals surface area contributed by atoms with Gasteiger partial charge in [-0.1, -0.05) is 51.8 Å². The highest BCUT2D eigenvalue weighted by atomic mass is 32.2. The quantitative estimate of drug-likeness (QED) is 0.339. The van der Waals surface area contributed by atoms with Crippen LogP contribution in [-0.2, 0) is 14.8 Å². The number of carboxylic acids is 1. The van der Waals surface area contributed by atoms with Crippen LogP contribution in [0.1, 0.15) is 50.4 Å². The van der Waals surface area contributed by atoms with Crippen molar-refractivity contribution in [1.82, 2.24) is 4.72 Å². The average molecular weight is 478 g/mol. The van der Waals surface area contributed by atoms with E-state index in [0.717, 1.165) is 18.9 Å². The normalized spacial score (nSPS) is 13.1. The fourth-order valence-corrected chi connectivity index (χ4v) is 4.12. The van der Waals surface area contributed by atoms with E-state index in [4.69, 9.17) is 10.5 Å².